The fourth-order valence-corrected chi connectivity index (χ4v) is 1.94. The van der Waals surface area contributed by atoms with Gasteiger partial charge in [0.05, 0.1) is 5.69 Å². The van der Waals surface area contributed by atoms with Crippen LogP contribution < -0.4 is 10.6 Å². The topological polar surface area (TPSA) is 58.2 Å². The molecule has 0 fully saturated rings. The molecule has 4 nitrogen and oxygen atoms in total. The van der Waals surface area contributed by atoms with Gasteiger partial charge in [-0.05, 0) is 38.1 Å². The summed E-state index contributed by atoms with van der Waals surface area (Å²) in [5, 5.41) is 5.04. The predicted octanol–water partition coefficient (Wildman–Crippen LogP) is 2.89. The summed E-state index contributed by atoms with van der Waals surface area (Å²) in [6.45, 7) is 3.43. The summed E-state index contributed by atoms with van der Waals surface area (Å²) in [4.78, 5) is 24.1. The molecule has 0 aromatic heterocycles. The Morgan fingerprint density at radius 2 is 1.82 bits per heavy atom. The van der Waals surface area contributed by atoms with Crippen molar-refractivity contribution >= 4 is 17.5 Å². The van der Waals surface area contributed by atoms with Gasteiger partial charge in [-0.1, -0.05) is 29.8 Å². The number of rotatable bonds is 4. The monoisotopic (exact) mass is 300 g/mol. The molecule has 2 aromatic carbocycles. The van der Waals surface area contributed by atoms with Crippen LogP contribution in [-0.2, 0) is 4.79 Å². The van der Waals surface area contributed by atoms with Crippen LogP contribution in [0.25, 0.3) is 0 Å². The number of benzene rings is 2. The van der Waals surface area contributed by atoms with Crippen LogP contribution in [0, 0.1) is 12.7 Å². The number of anilines is 1. The van der Waals surface area contributed by atoms with E-state index >= 15 is 0 Å². The molecule has 1 atom stereocenters. The molecule has 2 amide bonds. The molecule has 0 spiro atoms. The number of para-hydroxylation sites is 1. The van der Waals surface area contributed by atoms with Crippen molar-refractivity contribution in [3.05, 3.63) is 65.5 Å². The third kappa shape index (κ3) is 3.91. The van der Waals surface area contributed by atoms with Crippen LogP contribution in [0.2, 0.25) is 0 Å². The van der Waals surface area contributed by atoms with Crippen molar-refractivity contribution in [2.45, 2.75) is 19.9 Å². The Morgan fingerprint density at radius 3 is 2.50 bits per heavy atom. The Bertz CT molecular complexity index is 701. The van der Waals surface area contributed by atoms with Crippen molar-refractivity contribution in [1.82, 2.24) is 5.32 Å². The van der Waals surface area contributed by atoms with E-state index in [4.69, 9.17) is 0 Å². The number of aryl methyl sites for hydroxylation is 1. The molecule has 2 N–H and O–H groups in total. The highest BCUT2D eigenvalue weighted by atomic mass is 19.1. The molecule has 2 rings (SSSR count). The van der Waals surface area contributed by atoms with Crippen LogP contribution in [0.1, 0.15) is 22.8 Å². The summed E-state index contributed by atoms with van der Waals surface area (Å²) >= 11 is 0. The molecular formula is C17H17FN2O2. The van der Waals surface area contributed by atoms with Gasteiger partial charge in [0.2, 0.25) is 5.91 Å². The fraction of sp³-hybridized carbons (Fsp3) is 0.176. The summed E-state index contributed by atoms with van der Waals surface area (Å²) in [6, 6.07) is 12.1. The third-order valence-corrected chi connectivity index (χ3v) is 3.15. The molecule has 22 heavy (non-hydrogen) atoms. The Labute approximate surface area is 128 Å². The first kappa shape index (κ1) is 15.7. The highest BCUT2D eigenvalue weighted by molar-refractivity contribution is 6.01. The standard InChI is InChI=1S/C17H17FN2O2/c1-11-6-5-7-13(10-11)17(22)19-12(2)16(21)20-15-9-4-3-8-14(15)18/h3-10,12H,1-2H3,(H,19,22)(H,20,21). The molecule has 0 radical (unpaired) electrons. The van der Waals surface area contributed by atoms with Crippen LogP contribution in [-0.4, -0.2) is 17.9 Å². The van der Waals surface area contributed by atoms with Gasteiger partial charge >= 0.3 is 0 Å². The summed E-state index contributed by atoms with van der Waals surface area (Å²) in [5.74, 6) is -1.35. The quantitative estimate of drug-likeness (QED) is 0.912. The lowest BCUT2D eigenvalue weighted by molar-refractivity contribution is -0.117. The van der Waals surface area contributed by atoms with E-state index in [2.05, 4.69) is 10.6 Å². The lowest BCUT2D eigenvalue weighted by Gasteiger charge is -2.14. The van der Waals surface area contributed by atoms with Crippen LogP contribution >= 0.6 is 0 Å². The van der Waals surface area contributed by atoms with Crippen molar-refractivity contribution in [3.8, 4) is 0 Å². The minimum atomic E-state index is -0.785. The van der Waals surface area contributed by atoms with E-state index in [9.17, 15) is 14.0 Å². The first-order valence-corrected chi connectivity index (χ1v) is 6.90. The summed E-state index contributed by atoms with van der Waals surface area (Å²) < 4.78 is 13.5. The predicted molar refractivity (Wildman–Crippen MR) is 83.1 cm³/mol. The molecule has 0 bridgehead atoms. The minimum Gasteiger partial charge on any atom is -0.341 e. The molecular weight excluding hydrogens is 283 g/mol. The van der Waals surface area contributed by atoms with Crippen LogP contribution in [0.5, 0.6) is 0 Å². The Morgan fingerprint density at radius 1 is 1.09 bits per heavy atom. The van der Waals surface area contributed by atoms with E-state index < -0.39 is 17.8 Å². The summed E-state index contributed by atoms with van der Waals surface area (Å²) in [6.07, 6.45) is 0. The molecule has 0 saturated heterocycles. The van der Waals surface area contributed by atoms with Gasteiger partial charge in [0.1, 0.15) is 11.9 Å². The highest BCUT2D eigenvalue weighted by Crippen LogP contribution is 2.12. The van der Waals surface area contributed by atoms with Crippen LogP contribution in [0.15, 0.2) is 48.5 Å². The third-order valence-electron chi connectivity index (χ3n) is 3.15. The number of hydrogen-bond acceptors (Lipinski definition) is 2. The molecule has 0 saturated carbocycles. The average Bonchev–Trinajstić information content (AvgIpc) is 2.49. The highest BCUT2D eigenvalue weighted by Gasteiger charge is 2.17. The first-order valence-electron chi connectivity index (χ1n) is 6.90. The van der Waals surface area contributed by atoms with E-state index in [-0.39, 0.29) is 11.6 Å². The number of amides is 2. The number of halogens is 1. The zero-order valence-electron chi connectivity index (χ0n) is 12.4. The molecule has 114 valence electrons. The SMILES string of the molecule is Cc1cccc(C(=O)NC(C)C(=O)Nc2ccccc2F)c1. The van der Waals surface area contributed by atoms with E-state index in [1.54, 1.807) is 31.2 Å². The largest absolute Gasteiger partial charge is 0.341 e. The lowest BCUT2D eigenvalue weighted by atomic mass is 10.1. The van der Waals surface area contributed by atoms with E-state index in [1.807, 2.05) is 13.0 Å². The van der Waals surface area contributed by atoms with Crippen molar-refractivity contribution in [1.29, 1.82) is 0 Å². The summed E-state index contributed by atoms with van der Waals surface area (Å²) in [7, 11) is 0. The smallest absolute Gasteiger partial charge is 0.251 e. The molecule has 0 aliphatic heterocycles. The van der Waals surface area contributed by atoms with Crippen molar-refractivity contribution in [2.75, 3.05) is 5.32 Å². The molecule has 1 unspecified atom stereocenters. The minimum absolute atomic E-state index is 0.0872. The van der Waals surface area contributed by atoms with Crippen LogP contribution in [0.4, 0.5) is 10.1 Å². The van der Waals surface area contributed by atoms with E-state index in [1.165, 1.54) is 18.2 Å². The average molecular weight is 300 g/mol. The second-order valence-electron chi connectivity index (χ2n) is 5.03. The van der Waals surface area contributed by atoms with Crippen molar-refractivity contribution in [2.24, 2.45) is 0 Å². The Balaban J connectivity index is 1.99. The lowest BCUT2D eigenvalue weighted by Crippen LogP contribution is -2.41. The van der Waals surface area contributed by atoms with Gasteiger partial charge in [0, 0.05) is 5.56 Å². The Kier molecular flexibility index (Phi) is 4.88. The molecule has 0 aliphatic rings. The van der Waals surface area contributed by atoms with Gasteiger partial charge in [-0.25, -0.2) is 4.39 Å². The molecule has 0 heterocycles. The van der Waals surface area contributed by atoms with Gasteiger partial charge in [-0.15, -0.1) is 0 Å². The maximum absolute atomic E-state index is 13.5. The Hall–Kier alpha value is -2.69. The first-order chi connectivity index (χ1) is 10.5. The van der Waals surface area contributed by atoms with Gasteiger partial charge in [-0.2, -0.15) is 0 Å². The van der Waals surface area contributed by atoms with Crippen LogP contribution in [0.3, 0.4) is 0 Å². The maximum atomic E-state index is 13.5. The number of hydrogen-bond donors (Lipinski definition) is 2. The maximum Gasteiger partial charge on any atom is 0.251 e. The van der Waals surface area contributed by atoms with Crippen molar-refractivity contribution in [3.63, 3.8) is 0 Å². The van der Waals surface area contributed by atoms with Crippen molar-refractivity contribution < 1.29 is 14.0 Å². The fourth-order valence-electron chi connectivity index (χ4n) is 1.94. The van der Waals surface area contributed by atoms with E-state index in [0.717, 1.165) is 5.56 Å². The molecule has 5 heteroatoms. The second-order valence-corrected chi connectivity index (χ2v) is 5.03. The van der Waals surface area contributed by atoms with Gasteiger partial charge < -0.3 is 10.6 Å². The zero-order valence-corrected chi connectivity index (χ0v) is 12.4. The second kappa shape index (κ2) is 6.85. The number of carbonyl (C=O) groups excluding carboxylic acids is 2. The van der Waals surface area contributed by atoms with Gasteiger partial charge in [0.15, 0.2) is 0 Å². The number of nitrogens with one attached hydrogen (secondary N) is 2. The number of carbonyl (C=O) groups is 2. The molecule has 2 aromatic rings. The zero-order chi connectivity index (χ0) is 16.1. The van der Waals surface area contributed by atoms with Gasteiger partial charge in [0.25, 0.3) is 5.91 Å². The van der Waals surface area contributed by atoms with E-state index in [0.29, 0.717) is 5.56 Å². The normalized spacial score (nSPS) is 11.6. The van der Waals surface area contributed by atoms with Gasteiger partial charge in [-0.3, -0.25) is 9.59 Å². The summed E-state index contributed by atoms with van der Waals surface area (Å²) in [5.41, 5.74) is 1.52. The molecule has 0 aliphatic carbocycles.